The molecule has 2 N–H and O–H groups in total. The van der Waals surface area contributed by atoms with Gasteiger partial charge in [0.2, 0.25) is 5.91 Å². The monoisotopic (exact) mass is 539 g/mol. The van der Waals surface area contributed by atoms with Crippen molar-refractivity contribution in [2.24, 2.45) is 0 Å². The van der Waals surface area contributed by atoms with Crippen LogP contribution in [-0.2, 0) is 9.53 Å². The number of nitrogens with one attached hydrogen (secondary N) is 2. The molecule has 0 spiro atoms. The number of thiocarbonyl (C=S) groups is 1. The first-order valence-corrected chi connectivity index (χ1v) is 13.1. The Morgan fingerprint density at radius 3 is 2.59 bits per heavy atom. The van der Waals surface area contributed by atoms with Gasteiger partial charge in [-0.3, -0.25) is 9.78 Å². The fourth-order valence-electron chi connectivity index (χ4n) is 4.88. The predicted molar refractivity (Wildman–Crippen MR) is 154 cm³/mol. The predicted octanol–water partition coefficient (Wildman–Crippen LogP) is 4.97. The Kier molecular flexibility index (Phi) is 7.69. The van der Waals surface area contributed by atoms with Crippen molar-refractivity contribution in [3.63, 3.8) is 0 Å². The maximum atomic E-state index is 12.9. The second kappa shape index (κ2) is 11.5. The van der Waals surface area contributed by atoms with Crippen LogP contribution in [0.1, 0.15) is 45.8 Å². The SMILES string of the molecule is COC(=O)c1ccc(-n2cccc2[C@H]2[C@H](c3ccccn3)NC(=S)N2CCC(=O)Nc2cccc(C)c2)cc1. The lowest BCUT2D eigenvalue weighted by atomic mass is 10.0. The van der Waals surface area contributed by atoms with E-state index in [-0.39, 0.29) is 30.4 Å². The Balaban J connectivity index is 1.44. The molecule has 0 unspecified atom stereocenters. The van der Waals surface area contributed by atoms with Crippen LogP contribution in [0.3, 0.4) is 0 Å². The average molecular weight is 540 g/mol. The summed E-state index contributed by atoms with van der Waals surface area (Å²) in [4.78, 5) is 31.5. The summed E-state index contributed by atoms with van der Waals surface area (Å²) in [6.45, 7) is 2.41. The van der Waals surface area contributed by atoms with Crippen LogP contribution in [0.2, 0.25) is 0 Å². The highest BCUT2D eigenvalue weighted by molar-refractivity contribution is 7.80. The van der Waals surface area contributed by atoms with Gasteiger partial charge in [0.15, 0.2) is 5.11 Å². The first kappa shape index (κ1) is 26.1. The van der Waals surface area contributed by atoms with E-state index < -0.39 is 0 Å². The van der Waals surface area contributed by atoms with E-state index in [0.717, 1.165) is 28.3 Å². The van der Waals surface area contributed by atoms with E-state index in [1.807, 2.05) is 79.9 Å². The highest BCUT2D eigenvalue weighted by atomic mass is 32.1. The molecule has 0 radical (unpaired) electrons. The molecule has 0 bridgehead atoms. The Hall–Kier alpha value is -4.50. The van der Waals surface area contributed by atoms with Gasteiger partial charge in [-0.2, -0.15) is 0 Å². The summed E-state index contributed by atoms with van der Waals surface area (Å²) in [5, 5.41) is 6.99. The fraction of sp³-hybridized carbons (Fsp3) is 0.200. The molecule has 1 amide bonds. The lowest BCUT2D eigenvalue weighted by Gasteiger charge is -2.29. The molecular formula is C30H29N5O3S. The maximum Gasteiger partial charge on any atom is 0.337 e. The summed E-state index contributed by atoms with van der Waals surface area (Å²) in [7, 11) is 1.36. The molecule has 39 heavy (non-hydrogen) atoms. The Bertz CT molecular complexity index is 1490. The van der Waals surface area contributed by atoms with Crippen LogP contribution in [0.5, 0.6) is 0 Å². The van der Waals surface area contributed by atoms with E-state index in [0.29, 0.717) is 17.2 Å². The molecular weight excluding hydrogens is 510 g/mol. The first-order valence-electron chi connectivity index (χ1n) is 12.6. The van der Waals surface area contributed by atoms with Gasteiger partial charge in [-0.05, 0) is 85.4 Å². The van der Waals surface area contributed by atoms with Crippen LogP contribution in [0.15, 0.2) is 91.3 Å². The van der Waals surface area contributed by atoms with Gasteiger partial charge >= 0.3 is 5.97 Å². The molecule has 198 valence electrons. The number of carbonyl (C=O) groups excluding carboxylic acids is 2. The quantitative estimate of drug-likeness (QED) is 0.241. The number of benzene rings is 2. The Morgan fingerprint density at radius 1 is 1.05 bits per heavy atom. The second-order valence-electron chi connectivity index (χ2n) is 9.33. The summed E-state index contributed by atoms with van der Waals surface area (Å²) in [6, 6.07) is 24.4. The third-order valence-electron chi connectivity index (χ3n) is 6.73. The van der Waals surface area contributed by atoms with Crippen molar-refractivity contribution in [1.29, 1.82) is 0 Å². The zero-order valence-corrected chi connectivity index (χ0v) is 22.5. The molecule has 5 rings (SSSR count). The van der Waals surface area contributed by atoms with Gasteiger partial charge in [0.1, 0.15) is 0 Å². The lowest BCUT2D eigenvalue weighted by Crippen LogP contribution is -2.33. The largest absolute Gasteiger partial charge is 0.465 e. The third kappa shape index (κ3) is 5.68. The molecule has 1 aliphatic rings. The molecule has 1 saturated heterocycles. The first-order chi connectivity index (χ1) is 18.9. The van der Waals surface area contributed by atoms with Crippen molar-refractivity contribution in [3.05, 3.63) is 114 Å². The molecule has 0 aliphatic carbocycles. The van der Waals surface area contributed by atoms with Crippen molar-refractivity contribution < 1.29 is 14.3 Å². The highest BCUT2D eigenvalue weighted by Crippen LogP contribution is 2.39. The number of anilines is 1. The van der Waals surface area contributed by atoms with Crippen LogP contribution in [0, 0.1) is 6.92 Å². The summed E-state index contributed by atoms with van der Waals surface area (Å²) < 4.78 is 6.90. The highest BCUT2D eigenvalue weighted by Gasteiger charge is 2.41. The minimum Gasteiger partial charge on any atom is -0.465 e. The van der Waals surface area contributed by atoms with Crippen LogP contribution in [0.4, 0.5) is 5.69 Å². The van der Waals surface area contributed by atoms with E-state index in [4.69, 9.17) is 17.0 Å². The molecule has 2 aromatic carbocycles. The number of carbonyl (C=O) groups is 2. The number of ether oxygens (including phenoxy) is 1. The number of aromatic nitrogens is 2. The molecule has 9 heteroatoms. The molecule has 4 aromatic rings. The topological polar surface area (TPSA) is 88.5 Å². The van der Waals surface area contributed by atoms with Crippen molar-refractivity contribution in [3.8, 4) is 5.69 Å². The number of pyridine rings is 1. The summed E-state index contributed by atoms with van der Waals surface area (Å²) >= 11 is 5.78. The molecule has 1 fully saturated rings. The van der Waals surface area contributed by atoms with Crippen LogP contribution < -0.4 is 10.6 Å². The van der Waals surface area contributed by atoms with Crippen molar-refractivity contribution in [2.75, 3.05) is 19.0 Å². The Labute approximate surface area is 232 Å². The summed E-state index contributed by atoms with van der Waals surface area (Å²) in [5.41, 5.74) is 5.04. The number of aryl methyl sites for hydroxylation is 1. The van der Waals surface area contributed by atoms with Crippen molar-refractivity contribution in [1.82, 2.24) is 19.8 Å². The second-order valence-corrected chi connectivity index (χ2v) is 9.72. The number of amides is 1. The average Bonchev–Trinajstić information content (AvgIpc) is 3.56. The van der Waals surface area contributed by atoms with E-state index in [1.54, 1.807) is 18.3 Å². The van der Waals surface area contributed by atoms with Gasteiger partial charge in [-0.1, -0.05) is 18.2 Å². The lowest BCUT2D eigenvalue weighted by molar-refractivity contribution is -0.116. The van der Waals surface area contributed by atoms with E-state index in [9.17, 15) is 9.59 Å². The number of hydrogen-bond donors (Lipinski definition) is 2. The van der Waals surface area contributed by atoms with Crippen LogP contribution in [-0.4, -0.2) is 45.1 Å². The molecule has 8 nitrogen and oxygen atoms in total. The smallest absolute Gasteiger partial charge is 0.337 e. The Morgan fingerprint density at radius 2 is 1.87 bits per heavy atom. The molecule has 2 aromatic heterocycles. The van der Waals surface area contributed by atoms with E-state index in [1.165, 1.54) is 7.11 Å². The molecule has 1 aliphatic heterocycles. The van der Waals surface area contributed by atoms with E-state index in [2.05, 4.69) is 25.1 Å². The number of nitrogens with zero attached hydrogens (tertiary/aromatic N) is 3. The van der Waals surface area contributed by atoms with Crippen molar-refractivity contribution >= 4 is 34.9 Å². The van der Waals surface area contributed by atoms with Gasteiger partial charge in [0, 0.05) is 42.4 Å². The van der Waals surface area contributed by atoms with E-state index >= 15 is 0 Å². The summed E-state index contributed by atoms with van der Waals surface area (Å²) in [5.74, 6) is -0.470. The zero-order valence-electron chi connectivity index (χ0n) is 21.7. The van der Waals surface area contributed by atoms with Crippen LogP contribution >= 0.6 is 12.2 Å². The molecule has 0 saturated carbocycles. The van der Waals surface area contributed by atoms with Gasteiger partial charge < -0.3 is 24.8 Å². The van der Waals surface area contributed by atoms with Gasteiger partial charge in [-0.15, -0.1) is 0 Å². The molecule has 3 heterocycles. The van der Waals surface area contributed by atoms with Gasteiger partial charge in [0.25, 0.3) is 0 Å². The minimum absolute atomic E-state index is 0.0859. The molecule has 2 atom stereocenters. The van der Waals surface area contributed by atoms with Crippen LogP contribution in [0.25, 0.3) is 5.69 Å². The number of methoxy groups -OCH3 is 1. The third-order valence-corrected chi connectivity index (χ3v) is 7.08. The zero-order chi connectivity index (χ0) is 27.4. The number of rotatable bonds is 8. The maximum absolute atomic E-state index is 12.9. The normalized spacial score (nSPS) is 16.6. The number of hydrogen-bond acceptors (Lipinski definition) is 5. The van der Waals surface area contributed by atoms with Crippen molar-refractivity contribution in [2.45, 2.75) is 25.4 Å². The fourth-order valence-corrected chi connectivity index (χ4v) is 5.21. The van der Waals surface area contributed by atoms with Gasteiger partial charge in [-0.25, -0.2) is 4.79 Å². The van der Waals surface area contributed by atoms with Gasteiger partial charge in [0.05, 0.1) is 30.5 Å². The minimum atomic E-state index is -0.384. The number of esters is 1. The summed E-state index contributed by atoms with van der Waals surface area (Å²) in [6.07, 6.45) is 4.00. The standard InChI is InChI=1S/C30H29N5O3S/c1-20-7-5-8-22(19-20)32-26(36)15-18-35-28(27(33-30(35)39)24-9-3-4-16-31-24)25-10-6-17-34(25)23-13-11-21(12-14-23)29(37)38-2/h3-14,16-17,19,27-28H,15,18H2,1-2H3,(H,32,36)(H,33,39)/t27-,28-/m0/s1.